The maximum Gasteiger partial charge on any atom is 0.261 e. The number of carbonyl (C=O) groups excluding carboxylic acids is 2. The molecule has 1 aromatic heterocycles. The van der Waals surface area contributed by atoms with Crippen LogP contribution in [0.2, 0.25) is 0 Å². The number of carbonyl (C=O) groups is 2. The van der Waals surface area contributed by atoms with Crippen LogP contribution in [0.15, 0.2) is 28.4 Å². The summed E-state index contributed by atoms with van der Waals surface area (Å²) < 4.78 is 5.27. The third kappa shape index (κ3) is 4.33. The van der Waals surface area contributed by atoms with Crippen LogP contribution >= 0.6 is 0 Å². The van der Waals surface area contributed by atoms with Gasteiger partial charge in [0.1, 0.15) is 17.0 Å². The van der Waals surface area contributed by atoms with Gasteiger partial charge in [0, 0.05) is 13.6 Å². The lowest BCUT2D eigenvalue weighted by molar-refractivity contribution is -0.157. The number of likely N-dealkylation sites (N-methyl/N-ethyl adjacent to an activating group) is 1. The summed E-state index contributed by atoms with van der Waals surface area (Å²) in [5.41, 5.74) is -0.458. The maximum absolute atomic E-state index is 13.0. The van der Waals surface area contributed by atoms with Gasteiger partial charge in [0.2, 0.25) is 0 Å². The van der Waals surface area contributed by atoms with E-state index in [2.05, 4.69) is 6.92 Å². The lowest BCUT2D eigenvalue weighted by Gasteiger charge is -2.49. The Morgan fingerprint density at radius 3 is 2.40 bits per heavy atom. The number of hydrogen-bond acceptors (Lipinski definition) is 3. The van der Waals surface area contributed by atoms with E-state index >= 15 is 0 Å². The highest BCUT2D eigenvalue weighted by atomic mass is 16.3. The molecule has 0 atom stereocenters. The molecule has 25 heavy (non-hydrogen) atoms. The summed E-state index contributed by atoms with van der Waals surface area (Å²) in [6, 6.07) is 3.48. The van der Waals surface area contributed by atoms with Gasteiger partial charge in [-0.1, -0.05) is 39.0 Å². The Labute approximate surface area is 150 Å². The molecule has 0 N–H and O–H groups in total. The predicted molar refractivity (Wildman–Crippen MR) is 98.6 cm³/mol. The first-order chi connectivity index (χ1) is 11.9. The van der Waals surface area contributed by atoms with E-state index in [1.54, 1.807) is 30.2 Å². The number of nitrogens with zero attached hydrogens (tertiary/aromatic N) is 2. The fourth-order valence-electron chi connectivity index (χ4n) is 3.16. The summed E-state index contributed by atoms with van der Waals surface area (Å²) in [5.74, 6) is 0.0491. The van der Waals surface area contributed by atoms with Gasteiger partial charge in [-0.3, -0.25) is 9.59 Å². The average molecular weight is 346 g/mol. The Morgan fingerprint density at radius 1 is 1.08 bits per heavy atom. The Hall–Kier alpha value is -2.04. The molecule has 1 aliphatic heterocycles. The Balaban J connectivity index is 2.10. The van der Waals surface area contributed by atoms with E-state index < -0.39 is 5.66 Å². The van der Waals surface area contributed by atoms with Gasteiger partial charge in [-0.2, -0.15) is 0 Å². The van der Waals surface area contributed by atoms with Crippen LogP contribution in [0.4, 0.5) is 0 Å². The zero-order valence-electron chi connectivity index (χ0n) is 15.9. The van der Waals surface area contributed by atoms with E-state index in [1.165, 1.54) is 31.9 Å². The molecule has 1 fully saturated rings. The fraction of sp³-hybridized carbons (Fsp3) is 0.600. The minimum atomic E-state index is -0.627. The molecule has 1 aromatic rings. The van der Waals surface area contributed by atoms with Crippen molar-refractivity contribution in [3.63, 3.8) is 0 Å². The van der Waals surface area contributed by atoms with Gasteiger partial charge in [0.15, 0.2) is 0 Å². The summed E-state index contributed by atoms with van der Waals surface area (Å²) in [7, 11) is 1.75. The molecule has 2 amide bonds. The molecular weight excluding hydrogens is 316 g/mol. The van der Waals surface area contributed by atoms with Crippen LogP contribution in [0.25, 0.3) is 6.08 Å². The summed E-state index contributed by atoms with van der Waals surface area (Å²) in [5, 5.41) is 0. The molecule has 0 aromatic carbocycles. The van der Waals surface area contributed by atoms with E-state index in [0.717, 1.165) is 12.8 Å². The van der Waals surface area contributed by atoms with Gasteiger partial charge in [-0.25, -0.2) is 0 Å². The van der Waals surface area contributed by atoms with Crippen LogP contribution in [0.1, 0.15) is 65.1 Å². The highest BCUT2D eigenvalue weighted by Gasteiger charge is 2.45. The Kier molecular flexibility index (Phi) is 6.45. The molecule has 1 saturated heterocycles. The molecule has 0 aliphatic carbocycles. The monoisotopic (exact) mass is 346 g/mol. The first-order valence-electron chi connectivity index (χ1n) is 9.25. The molecule has 5 heteroatoms. The summed E-state index contributed by atoms with van der Waals surface area (Å²) in [6.45, 7) is 6.70. The van der Waals surface area contributed by atoms with Crippen LogP contribution in [0.5, 0.6) is 0 Å². The van der Waals surface area contributed by atoms with Crippen molar-refractivity contribution in [3.05, 3.63) is 29.7 Å². The van der Waals surface area contributed by atoms with Crippen molar-refractivity contribution in [1.82, 2.24) is 9.80 Å². The second-order valence-electron chi connectivity index (χ2n) is 7.16. The van der Waals surface area contributed by atoms with Crippen LogP contribution in [0, 0.1) is 0 Å². The lowest BCUT2D eigenvalue weighted by atomic mass is 9.99. The summed E-state index contributed by atoms with van der Waals surface area (Å²) >= 11 is 0. The first-order valence-corrected chi connectivity index (χ1v) is 9.25. The zero-order valence-corrected chi connectivity index (χ0v) is 15.9. The van der Waals surface area contributed by atoms with E-state index in [9.17, 15) is 9.59 Å². The van der Waals surface area contributed by atoms with Crippen molar-refractivity contribution >= 4 is 17.9 Å². The van der Waals surface area contributed by atoms with Crippen LogP contribution < -0.4 is 0 Å². The molecule has 0 unspecified atom stereocenters. The van der Waals surface area contributed by atoms with Crippen molar-refractivity contribution < 1.29 is 14.0 Å². The van der Waals surface area contributed by atoms with Gasteiger partial charge in [-0.05, 0) is 38.5 Å². The van der Waals surface area contributed by atoms with Gasteiger partial charge in [0.25, 0.3) is 11.8 Å². The van der Waals surface area contributed by atoms with Crippen molar-refractivity contribution in [1.29, 1.82) is 0 Å². The molecule has 1 aliphatic rings. The van der Waals surface area contributed by atoms with E-state index in [0.29, 0.717) is 12.3 Å². The van der Waals surface area contributed by atoms with Crippen molar-refractivity contribution in [2.24, 2.45) is 0 Å². The molecule has 0 spiro atoms. The van der Waals surface area contributed by atoms with Gasteiger partial charge >= 0.3 is 0 Å². The topological polar surface area (TPSA) is 53.8 Å². The highest BCUT2D eigenvalue weighted by molar-refractivity contribution is 6.23. The molecule has 0 saturated carbocycles. The smallest absolute Gasteiger partial charge is 0.261 e. The summed E-state index contributed by atoms with van der Waals surface area (Å²) in [6.07, 6.45) is 10.1. The molecule has 5 nitrogen and oxygen atoms in total. The first kappa shape index (κ1) is 19.3. The highest BCUT2D eigenvalue weighted by Crippen LogP contribution is 2.30. The van der Waals surface area contributed by atoms with Crippen molar-refractivity contribution in [2.75, 3.05) is 13.6 Å². The van der Waals surface area contributed by atoms with E-state index in [4.69, 9.17) is 4.42 Å². The molecule has 2 heterocycles. The van der Waals surface area contributed by atoms with Gasteiger partial charge in [0.05, 0.1) is 6.26 Å². The second kappa shape index (κ2) is 8.37. The van der Waals surface area contributed by atoms with Gasteiger partial charge in [-0.15, -0.1) is 0 Å². The zero-order chi connectivity index (χ0) is 18.4. The van der Waals surface area contributed by atoms with Crippen LogP contribution in [-0.2, 0) is 9.59 Å². The number of amides is 2. The second-order valence-corrected chi connectivity index (χ2v) is 7.16. The number of rotatable bonds is 8. The molecule has 0 bridgehead atoms. The number of unbranched alkanes of at least 4 members (excludes halogenated alkanes) is 5. The molecule has 138 valence electrons. The van der Waals surface area contributed by atoms with Crippen molar-refractivity contribution in [2.45, 2.75) is 65.0 Å². The quantitative estimate of drug-likeness (QED) is 0.405. The minimum Gasteiger partial charge on any atom is -0.465 e. The lowest BCUT2D eigenvalue weighted by Crippen LogP contribution is -2.65. The van der Waals surface area contributed by atoms with E-state index in [1.807, 2.05) is 18.7 Å². The Bertz CT molecular complexity index is 617. The average Bonchev–Trinajstić information content (AvgIpc) is 3.09. The standard InChI is InChI=1S/C20H30N2O3/c1-5-6-7-8-9-10-13-22-19(24)17(15-16-12-11-14-25-16)18(23)21(4)20(22,2)3/h11-12,14-15H,5-10,13H2,1-4H3/b17-15+. The van der Waals surface area contributed by atoms with Crippen molar-refractivity contribution in [3.8, 4) is 0 Å². The fourth-order valence-corrected chi connectivity index (χ4v) is 3.16. The molecule has 2 rings (SSSR count). The SMILES string of the molecule is CCCCCCCCN1C(=O)/C(=C/c2ccco2)C(=O)N(C)C1(C)C. The van der Waals surface area contributed by atoms with Crippen LogP contribution in [0.3, 0.4) is 0 Å². The molecular formula is C20H30N2O3. The maximum atomic E-state index is 13.0. The third-order valence-corrected chi connectivity index (χ3v) is 5.06. The predicted octanol–water partition coefficient (Wildman–Crippen LogP) is 4.06. The van der Waals surface area contributed by atoms with Gasteiger partial charge < -0.3 is 14.2 Å². The minimum absolute atomic E-state index is 0.169. The summed E-state index contributed by atoms with van der Waals surface area (Å²) in [4.78, 5) is 29.0. The third-order valence-electron chi connectivity index (χ3n) is 5.06. The largest absolute Gasteiger partial charge is 0.465 e. The number of furan rings is 1. The number of hydrogen-bond donors (Lipinski definition) is 0. The van der Waals surface area contributed by atoms with E-state index in [-0.39, 0.29) is 17.4 Å². The Morgan fingerprint density at radius 2 is 1.76 bits per heavy atom. The normalized spacial score (nSPS) is 19.1. The molecule has 0 radical (unpaired) electrons. The van der Waals surface area contributed by atoms with Crippen LogP contribution in [-0.4, -0.2) is 40.9 Å².